The van der Waals surface area contributed by atoms with E-state index < -0.39 is 5.54 Å². The van der Waals surface area contributed by atoms with Crippen LogP contribution in [-0.2, 0) is 10.3 Å². The molecule has 72 valence electrons. The summed E-state index contributed by atoms with van der Waals surface area (Å²) in [6.45, 7) is 1.87. The number of aromatic nitrogens is 1. The number of nitrogens with zero attached hydrogens (tertiary/aromatic N) is 2. The molecule has 2 rings (SSSR count). The first kappa shape index (κ1) is 9.38. The Morgan fingerprint density at radius 1 is 1.57 bits per heavy atom. The Kier molecular flexibility index (Phi) is 2.14. The minimum atomic E-state index is -0.417. The number of isocyanates is 1. The fourth-order valence-electron chi connectivity index (χ4n) is 1.52. The molecule has 1 heterocycles. The van der Waals surface area contributed by atoms with Crippen LogP contribution >= 0.6 is 11.6 Å². The minimum absolute atomic E-state index is 0.417. The number of aryl methyl sites for hydroxylation is 1. The smallest absolute Gasteiger partial charge is 0.235 e. The van der Waals surface area contributed by atoms with Crippen LogP contribution in [0.3, 0.4) is 0 Å². The Morgan fingerprint density at radius 2 is 2.29 bits per heavy atom. The summed E-state index contributed by atoms with van der Waals surface area (Å²) in [6.07, 6.45) is 3.31. The lowest BCUT2D eigenvalue weighted by molar-refractivity contribution is 0.556. The largest absolute Gasteiger partial charge is 0.241 e. The van der Waals surface area contributed by atoms with Gasteiger partial charge in [-0.15, -0.1) is 0 Å². The molecule has 3 nitrogen and oxygen atoms in total. The Bertz CT molecular complexity index is 420. The molecule has 1 aromatic rings. The maximum atomic E-state index is 10.3. The molecule has 14 heavy (non-hydrogen) atoms. The van der Waals surface area contributed by atoms with Crippen molar-refractivity contribution >= 4 is 17.7 Å². The highest BCUT2D eigenvalue weighted by Crippen LogP contribution is 2.50. The van der Waals surface area contributed by atoms with Gasteiger partial charge in [0, 0.05) is 11.3 Å². The van der Waals surface area contributed by atoms with Gasteiger partial charge in [0.1, 0.15) is 10.7 Å². The zero-order chi connectivity index (χ0) is 10.2. The molecule has 1 fully saturated rings. The van der Waals surface area contributed by atoms with Crippen molar-refractivity contribution in [3.05, 3.63) is 28.5 Å². The number of aliphatic imine (C=N–C) groups is 1. The summed E-state index contributed by atoms with van der Waals surface area (Å²) < 4.78 is 0. The van der Waals surface area contributed by atoms with Gasteiger partial charge in [0.25, 0.3) is 0 Å². The average molecular weight is 209 g/mol. The lowest BCUT2D eigenvalue weighted by atomic mass is 10.1. The van der Waals surface area contributed by atoms with Crippen molar-refractivity contribution in [2.45, 2.75) is 25.3 Å². The van der Waals surface area contributed by atoms with E-state index in [1.807, 2.05) is 19.1 Å². The van der Waals surface area contributed by atoms with Crippen molar-refractivity contribution < 1.29 is 4.79 Å². The number of rotatable bonds is 2. The molecule has 1 saturated carbocycles. The van der Waals surface area contributed by atoms with Gasteiger partial charge in [-0.25, -0.2) is 9.78 Å². The molecule has 0 radical (unpaired) electrons. The highest BCUT2D eigenvalue weighted by atomic mass is 35.5. The van der Waals surface area contributed by atoms with Crippen LogP contribution in [0.5, 0.6) is 0 Å². The monoisotopic (exact) mass is 208 g/mol. The highest BCUT2D eigenvalue weighted by molar-refractivity contribution is 6.30. The second-order valence-electron chi connectivity index (χ2n) is 3.53. The van der Waals surface area contributed by atoms with E-state index in [-0.39, 0.29) is 0 Å². The van der Waals surface area contributed by atoms with Crippen molar-refractivity contribution in [2.75, 3.05) is 0 Å². The van der Waals surface area contributed by atoms with Crippen LogP contribution in [0, 0.1) is 6.92 Å². The zero-order valence-corrected chi connectivity index (χ0v) is 8.51. The Labute approximate surface area is 86.8 Å². The molecular formula is C10H9ClN2O. The van der Waals surface area contributed by atoms with E-state index in [0.717, 1.165) is 24.1 Å². The van der Waals surface area contributed by atoms with E-state index in [1.54, 1.807) is 6.08 Å². The van der Waals surface area contributed by atoms with Crippen LogP contribution in [0.4, 0.5) is 0 Å². The number of halogens is 1. The second kappa shape index (κ2) is 3.19. The van der Waals surface area contributed by atoms with Gasteiger partial charge in [0.15, 0.2) is 0 Å². The molecule has 0 spiro atoms. The molecule has 0 unspecified atom stereocenters. The van der Waals surface area contributed by atoms with Crippen molar-refractivity contribution in [3.8, 4) is 0 Å². The third-order valence-corrected chi connectivity index (χ3v) is 2.76. The lowest BCUT2D eigenvalue weighted by Crippen LogP contribution is -2.04. The van der Waals surface area contributed by atoms with Gasteiger partial charge >= 0.3 is 0 Å². The summed E-state index contributed by atoms with van der Waals surface area (Å²) in [6, 6.07) is 3.76. The Balaban J connectivity index is 2.47. The van der Waals surface area contributed by atoms with Gasteiger partial charge in [0.2, 0.25) is 6.08 Å². The van der Waals surface area contributed by atoms with Gasteiger partial charge in [0.05, 0.1) is 0 Å². The predicted octanol–water partition coefficient (Wildman–Crippen LogP) is 2.37. The van der Waals surface area contributed by atoms with E-state index in [1.165, 1.54) is 0 Å². The van der Waals surface area contributed by atoms with Crippen LogP contribution in [0.1, 0.15) is 24.1 Å². The van der Waals surface area contributed by atoms with Gasteiger partial charge in [-0.05, 0) is 25.8 Å². The topological polar surface area (TPSA) is 42.3 Å². The van der Waals surface area contributed by atoms with Gasteiger partial charge in [-0.1, -0.05) is 17.7 Å². The summed E-state index contributed by atoms with van der Waals surface area (Å²) in [5.74, 6) is 0. The normalized spacial score (nSPS) is 17.3. The van der Waals surface area contributed by atoms with Crippen molar-refractivity contribution in [3.63, 3.8) is 0 Å². The summed E-state index contributed by atoms with van der Waals surface area (Å²) in [5, 5.41) is 0.446. The van der Waals surface area contributed by atoms with Crippen LogP contribution in [-0.4, -0.2) is 11.1 Å². The van der Waals surface area contributed by atoms with Crippen LogP contribution in [0.15, 0.2) is 17.1 Å². The standard InChI is InChI=1S/C10H9ClN2O/c1-7-2-3-8(9(11)13-7)10(4-5-10)12-6-14/h2-3H,4-5H2,1H3. The number of hydrogen-bond donors (Lipinski definition) is 0. The third-order valence-electron chi connectivity index (χ3n) is 2.47. The first-order valence-corrected chi connectivity index (χ1v) is 4.78. The molecule has 1 aliphatic rings. The summed E-state index contributed by atoms with van der Waals surface area (Å²) in [7, 11) is 0. The third kappa shape index (κ3) is 1.45. The summed E-state index contributed by atoms with van der Waals surface area (Å²) in [4.78, 5) is 18.2. The summed E-state index contributed by atoms with van der Waals surface area (Å²) in [5.41, 5.74) is 1.29. The van der Waals surface area contributed by atoms with Gasteiger partial charge in [-0.2, -0.15) is 4.99 Å². The maximum absolute atomic E-state index is 10.3. The molecule has 0 N–H and O–H groups in total. The van der Waals surface area contributed by atoms with Crippen LogP contribution < -0.4 is 0 Å². The molecular weight excluding hydrogens is 200 g/mol. The van der Waals surface area contributed by atoms with Crippen molar-refractivity contribution in [1.82, 2.24) is 4.98 Å². The molecule has 0 aliphatic heterocycles. The van der Waals surface area contributed by atoms with E-state index in [9.17, 15) is 4.79 Å². The first-order chi connectivity index (χ1) is 6.68. The fourth-order valence-corrected chi connectivity index (χ4v) is 1.89. The molecule has 0 atom stereocenters. The van der Waals surface area contributed by atoms with Gasteiger partial charge in [-0.3, -0.25) is 0 Å². The molecule has 0 amide bonds. The molecule has 4 heteroatoms. The van der Waals surface area contributed by atoms with E-state index in [2.05, 4.69) is 9.98 Å². The Morgan fingerprint density at radius 3 is 2.79 bits per heavy atom. The quantitative estimate of drug-likeness (QED) is 0.425. The highest BCUT2D eigenvalue weighted by Gasteiger charge is 2.46. The number of pyridine rings is 1. The molecule has 1 aromatic heterocycles. The average Bonchev–Trinajstić information content (AvgIpc) is 2.86. The SMILES string of the molecule is Cc1ccc(C2(N=C=O)CC2)c(Cl)n1. The lowest BCUT2D eigenvalue weighted by Gasteiger charge is -2.09. The van der Waals surface area contributed by atoms with E-state index in [0.29, 0.717) is 5.15 Å². The minimum Gasteiger partial charge on any atom is -0.241 e. The van der Waals surface area contributed by atoms with Crippen LogP contribution in [0.2, 0.25) is 5.15 Å². The van der Waals surface area contributed by atoms with Gasteiger partial charge < -0.3 is 0 Å². The summed E-state index contributed by atoms with van der Waals surface area (Å²) >= 11 is 5.99. The molecule has 0 saturated heterocycles. The Hall–Kier alpha value is -1.18. The van der Waals surface area contributed by atoms with E-state index in [4.69, 9.17) is 11.6 Å². The molecule has 0 bridgehead atoms. The predicted molar refractivity (Wildman–Crippen MR) is 53.0 cm³/mol. The fraction of sp³-hybridized carbons (Fsp3) is 0.400. The van der Waals surface area contributed by atoms with E-state index >= 15 is 0 Å². The second-order valence-corrected chi connectivity index (χ2v) is 3.88. The van der Waals surface area contributed by atoms with Crippen molar-refractivity contribution in [2.24, 2.45) is 4.99 Å². The van der Waals surface area contributed by atoms with Crippen LogP contribution in [0.25, 0.3) is 0 Å². The molecule has 1 aliphatic carbocycles. The first-order valence-electron chi connectivity index (χ1n) is 4.41. The number of carbonyl (C=O) groups excluding carboxylic acids is 1. The zero-order valence-electron chi connectivity index (χ0n) is 7.75. The molecule has 0 aromatic carbocycles. The van der Waals surface area contributed by atoms with Crippen molar-refractivity contribution in [1.29, 1.82) is 0 Å². The maximum Gasteiger partial charge on any atom is 0.235 e. The number of hydrogen-bond acceptors (Lipinski definition) is 3.